The summed E-state index contributed by atoms with van der Waals surface area (Å²) in [6.45, 7) is 5.92. The first kappa shape index (κ1) is 23.0. The van der Waals surface area contributed by atoms with Gasteiger partial charge in [-0.1, -0.05) is 65.9 Å². The molecule has 0 aliphatic heterocycles. The number of rotatable bonds is 8. The molecule has 3 aromatic rings. The predicted octanol–water partition coefficient (Wildman–Crippen LogP) is 3.51. The Morgan fingerprint density at radius 2 is 1.62 bits per heavy atom. The maximum Gasteiger partial charge on any atom is 0.408 e. The van der Waals surface area contributed by atoms with Crippen LogP contribution in [-0.4, -0.2) is 38.7 Å². The van der Waals surface area contributed by atoms with Gasteiger partial charge < -0.3 is 14.8 Å². The lowest BCUT2D eigenvalue weighted by Gasteiger charge is -2.22. The van der Waals surface area contributed by atoms with Crippen molar-refractivity contribution in [2.24, 2.45) is 0 Å². The zero-order chi connectivity index (χ0) is 23.0. The second-order valence-electron chi connectivity index (χ2n) is 8.39. The number of amides is 1. The van der Waals surface area contributed by atoms with E-state index in [4.69, 9.17) is 9.47 Å². The molecule has 0 bridgehead atoms. The van der Waals surface area contributed by atoms with Crippen LogP contribution in [0.4, 0.5) is 4.79 Å². The average Bonchev–Trinajstić information content (AvgIpc) is 3.18. The van der Waals surface area contributed by atoms with Gasteiger partial charge in [-0.05, 0) is 31.9 Å². The molecule has 3 rings (SSSR count). The maximum absolute atomic E-state index is 12.8. The molecule has 8 heteroatoms. The Labute approximate surface area is 187 Å². The van der Waals surface area contributed by atoms with Crippen molar-refractivity contribution in [3.63, 3.8) is 0 Å². The fraction of sp³-hybridized carbons (Fsp3) is 0.333. The smallest absolute Gasteiger partial charge is 0.408 e. The van der Waals surface area contributed by atoms with Crippen LogP contribution in [0.15, 0.2) is 66.9 Å². The van der Waals surface area contributed by atoms with Gasteiger partial charge in [-0.15, -0.1) is 5.10 Å². The Morgan fingerprint density at radius 1 is 1.00 bits per heavy atom. The molecule has 0 saturated carbocycles. The van der Waals surface area contributed by atoms with Crippen LogP contribution < -0.4 is 5.32 Å². The number of benzene rings is 2. The maximum atomic E-state index is 12.8. The van der Waals surface area contributed by atoms with Gasteiger partial charge in [0.25, 0.3) is 0 Å². The van der Waals surface area contributed by atoms with Crippen molar-refractivity contribution in [2.45, 2.75) is 52.0 Å². The summed E-state index contributed by atoms with van der Waals surface area (Å²) in [6.07, 6.45) is 1.18. The molecule has 1 atom stereocenters. The minimum Gasteiger partial charge on any atom is -0.459 e. The highest BCUT2D eigenvalue weighted by molar-refractivity contribution is 5.81. The summed E-state index contributed by atoms with van der Waals surface area (Å²) in [5, 5.41) is 10.9. The fourth-order valence-electron chi connectivity index (χ4n) is 2.96. The summed E-state index contributed by atoms with van der Waals surface area (Å²) in [7, 11) is 0. The molecule has 0 aliphatic carbocycles. The molecule has 168 valence electrons. The van der Waals surface area contributed by atoms with Crippen LogP contribution in [0.3, 0.4) is 0 Å². The van der Waals surface area contributed by atoms with Gasteiger partial charge in [-0.3, -0.25) is 0 Å². The Balaban J connectivity index is 1.67. The number of alkyl carbamates (subject to hydrolysis) is 1. The number of carbonyl (C=O) groups is 2. The normalized spacial score (nSPS) is 12.1. The molecule has 1 heterocycles. The van der Waals surface area contributed by atoms with Gasteiger partial charge in [-0.2, -0.15) is 0 Å². The van der Waals surface area contributed by atoms with E-state index in [1.54, 1.807) is 31.6 Å². The van der Waals surface area contributed by atoms with Crippen molar-refractivity contribution in [3.05, 3.63) is 83.7 Å². The molecule has 0 radical (unpaired) electrons. The van der Waals surface area contributed by atoms with E-state index in [9.17, 15) is 9.59 Å². The minimum atomic E-state index is -0.963. The van der Waals surface area contributed by atoms with Gasteiger partial charge in [0, 0.05) is 12.6 Å². The molecule has 1 N–H and O–H groups in total. The Kier molecular flexibility index (Phi) is 7.59. The van der Waals surface area contributed by atoms with Gasteiger partial charge in [-0.25, -0.2) is 14.3 Å². The van der Waals surface area contributed by atoms with E-state index in [1.165, 1.54) is 0 Å². The number of ether oxygens (including phenoxy) is 2. The van der Waals surface area contributed by atoms with E-state index in [1.807, 2.05) is 60.7 Å². The highest BCUT2D eigenvalue weighted by Gasteiger charge is 2.27. The number of esters is 1. The van der Waals surface area contributed by atoms with Crippen LogP contribution in [-0.2, 0) is 33.8 Å². The summed E-state index contributed by atoms with van der Waals surface area (Å²) >= 11 is 0. The molecule has 8 nitrogen and oxygen atoms in total. The predicted molar refractivity (Wildman–Crippen MR) is 119 cm³/mol. The third-order valence-corrected chi connectivity index (χ3v) is 4.39. The van der Waals surface area contributed by atoms with E-state index >= 15 is 0 Å². The molecule has 1 aromatic heterocycles. The lowest BCUT2D eigenvalue weighted by molar-refractivity contribution is -0.147. The number of nitrogens with one attached hydrogen (secondary N) is 1. The third kappa shape index (κ3) is 7.54. The topological polar surface area (TPSA) is 95.3 Å². The number of hydrogen-bond donors (Lipinski definition) is 1. The molecule has 0 spiro atoms. The summed E-state index contributed by atoms with van der Waals surface area (Å²) in [4.78, 5) is 25.1. The summed E-state index contributed by atoms with van der Waals surface area (Å²) in [5.74, 6) is -0.572. The fourth-order valence-corrected chi connectivity index (χ4v) is 2.96. The van der Waals surface area contributed by atoms with Crippen molar-refractivity contribution < 1.29 is 19.1 Å². The number of nitrogens with zero attached hydrogens (tertiary/aromatic N) is 3. The second-order valence-corrected chi connectivity index (χ2v) is 8.39. The lowest BCUT2D eigenvalue weighted by Crippen LogP contribution is -2.45. The van der Waals surface area contributed by atoms with Crippen LogP contribution in [0.2, 0.25) is 0 Å². The van der Waals surface area contributed by atoms with Gasteiger partial charge in [0.05, 0.1) is 12.2 Å². The van der Waals surface area contributed by atoms with Crippen LogP contribution in [0.5, 0.6) is 0 Å². The van der Waals surface area contributed by atoms with Crippen LogP contribution in [0, 0.1) is 0 Å². The van der Waals surface area contributed by atoms with E-state index in [0.29, 0.717) is 12.2 Å². The molecule has 1 amide bonds. The largest absolute Gasteiger partial charge is 0.459 e. The highest BCUT2D eigenvalue weighted by Crippen LogP contribution is 2.10. The van der Waals surface area contributed by atoms with Crippen molar-refractivity contribution in [1.29, 1.82) is 0 Å². The summed E-state index contributed by atoms with van der Waals surface area (Å²) < 4.78 is 12.4. The second kappa shape index (κ2) is 10.6. The molecule has 0 aliphatic rings. The van der Waals surface area contributed by atoms with Gasteiger partial charge in [0.1, 0.15) is 18.2 Å². The standard InChI is InChI=1S/C24H28N4O4/c1-24(2,3)32-23(30)25-21(22(29)31-17-19-12-8-5-9-13-19)14-20-16-28(27-26-20)15-18-10-6-4-7-11-18/h4-13,16,21H,14-15,17H2,1-3H3,(H,25,30)/t21-/m1/s1. The van der Waals surface area contributed by atoms with E-state index in [0.717, 1.165) is 11.1 Å². The van der Waals surface area contributed by atoms with Gasteiger partial charge in [0.15, 0.2) is 0 Å². The first-order valence-electron chi connectivity index (χ1n) is 10.4. The highest BCUT2D eigenvalue weighted by atomic mass is 16.6. The zero-order valence-electron chi connectivity index (χ0n) is 18.5. The SMILES string of the molecule is CC(C)(C)OC(=O)N[C@H](Cc1cn(Cc2ccccc2)nn1)C(=O)OCc1ccccc1. The molecular formula is C24H28N4O4. The molecular weight excluding hydrogens is 408 g/mol. The van der Waals surface area contributed by atoms with Crippen molar-refractivity contribution in [2.75, 3.05) is 0 Å². The number of carbonyl (C=O) groups excluding carboxylic acids is 2. The Hall–Kier alpha value is -3.68. The average molecular weight is 437 g/mol. The molecule has 2 aromatic carbocycles. The Bertz CT molecular complexity index is 1010. The van der Waals surface area contributed by atoms with Crippen molar-refractivity contribution in [1.82, 2.24) is 20.3 Å². The molecule has 32 heavy (non-hydrogen) atoms. The summed E-state index contributed by atoms with van der Waals surface area (Å²) in [6, 6.07) is 18.2. The van der Waals surface area contributed by atoms with E-state index < -0.39 is 23.7 Å². The lowest BCUT2D eigenvalue weighted by atomic mass is 10.1. The minimum absolute atomic E-state index is 0.104. The quantitative estimate of drug-likeness (QED) is 0.543. The molecule has 0 saturated heterocycles. The van der Waals surface area contributed by atoms with Crippen LogP contribution in [0.25, 0.3) is 0 Å². The van der Waals surface area contributed by atoms with Crippen molar-refractivity contribution >= 4 is 12.1 Å². The Morgan fingerprint density at radius 3 is 2.25 bits per heavy atom. The number of hydrogen-bond acceptors (Lipinski definition) is 6. The van der Waals surface area contributed by atoms with Gasteiger partial charge in [0.2, 0.25) is 0 Å². The summed E-state index contributed by atoms with van der Waals surface area (Å²) in [5.41, 5.74) is 1.79. The molecule has 0 unspecified atom stereocenters. The van der Waals surface area contributed by atoms with Crippen LogP contribution >= 0.6 is 0 Å². The zero-order valence-corrected chi connectivity index (χ0v) is 18.5. The van der Waals surface area contributed by atoms with Crippen LogP contribution in [0.1, 0.15) is 37.6 Å². The van der Waals surface area contributed by atoms with E-state index in [2.05, 4.69) is 15.6 Å². The number of aromatic nitrogens is 3. The first-order chi connectivity index (χ1) is 15.3. The molecule has 0 fully saturated rings. The van der Waals surface area contributed by atoms with E-state index in [-0.39, 0.29) is 13.0 Å². The van der Waals surface area contributed by atoms with Gasteiger partial charge >= 0.3 is 12.1 Å². The first-order valence-corrected chi connectivity index (χ1v) is 10.4. The third-order valence-electron chi connectivity index (χ3n) is 4.39. The van der Waals surface area contributed by atoms with Crippen molar-refractivity contribution in [3.8, 4) is 0 Å². The monoisotopic (exact) mass is 436 g/mol.